The third kappa shape index (κ3) is 2.75. The fourth-order valence-corrected chi connectivity index (χ4v) is 1.30. The second-order valence-electron chi connectivity index (χ2n) is 3.12. The molecule has 1 aliphatic rings. The van der Waals surface area contributed by atoms with Crippen LogP contribution in [0.4, 0.5) is 0 Å². The van der Waals surface area contributed by atoms with Gasteiger partial charge in [0, 0.05) is 29.9 Å². The lowest BCUT2D eigenvalue weighted by atomic mass is 10.2. The summed E-state index contributed by atoms with van der Waals surface area (Å²) in [6.07, 6.45) is 7.15. The van der Waals surface area contributed by atoms with Crippen LogP contribution < -0.4 is 0 Å². The molecule has 0 aromatic carbocycles. The Hall–Kier alpha value is -1.54. The minimum absolute atomic E-state index is 0.239. The molecule has 1 heterocycles. The molecule has 4 nitrogen and oxygen atoms in total. The third-order valence-electron chi connectivity index (χ3n) is 2.06. The van der Waals surface area contributed by atoms with E-state index in [0.717, 1.165) is 19.3 Å². The Morgan fingerprint density at radius 2 is 1.71 bits per heavy atom. The highest BCUT2D eigenvalue weighted by molar-refractivity contribution is 6.12. The lowest BCUT2D eigenvalue weighted by Crippen LogP contribution is -2.30. The zero-order valence-electron chi connectivity index (χ0n) is 7.86. The molecule has 0 aromatic heterocycles. The lowest BCUT2D eigenvalue weighted by molar-refractivity contribution is -0.136. The van der Waals surface area contributed by atoms with E-state index in [1.165, 1.54) is 17.1 Å². The Bertz CT molecular complexity index is 253. The smallest absolute Gasteiger partial charge is 0.275 e. The number of imide groups is 1. The lowest BCUT2D eigenvalue weighted by Gasteiger charge is -2.12. The summed E-state index contributed by atoms with van der Waals surface area (Å²) in [7, 11) is 0. The Balaban J connectivity index is 2.15. The van der Waals surface area contributed by atoms with E-state index in [2.05, 4.69) is 0 Å². The van der Waals surface area contributed by atoms with E-state index in [1.54, 1.807) is 6.29 Å². The SMILES string of the molecule is O=[C+]CCCCCN1C(=O)C=CC1=O. The van der Waals surface area contributed by atoms with Crippen LogP contribution in [0.25, 0.3) is 0 Å². The molecule has 0 radical (unpaired) electrons. The van der Waals surface area contributed by atoms with Gasteiger partial charge in [0.2, 0.25) is 6.42 Å². The highest BCUT2D eigenvalue weighted by atomic mass is 16.2. The predicted octanol–water partition coefficient (Wildman–Crippen LogP) is 0.581. The molecule has 4 heteroatoms. The van der Waals surface area contributed by atoms with E-state index in [1.807, 2.05) is 0 Å². The molecular weight excluding hydrogens is 182 g/mol. The van der Waals surface area contributed by atoms with Crippen molar-refractivity contribution in [1.82, 2.24) is 4.90 Å². The molecule has 0 saturated carbocycles. The maximum Gasteiger partial charge on any atom is 0.506 e. The van der Waals surface area contributed by atoms with E-state index in [4.69, 9.17) is 0 Å². The molecule has 74 valence electrons. The Labute approximate surface area is 82.6 Å². The summed E-state index contributed by atoms with van der Waals surface area (Å²) in [6, 6.07) is 0. The fourth-order valence-electron chi connectivity index (χ4n) is 1.30. The van der Waals surface area contributed by atoms with Gasteiger partial charge in [-0.15, -0.1) is 0 Å². The number of unbranched alkanes of at least 4 members (excludes halogenated alkanes) is 3. The van der Waals surface area contributed by atoms with Crippen LogP contribution in [0.5, 0.6) is 0 Å². The van der Waals surface area contributed by atoms with Gasteiger partial charge in [0.05, 0.1) is 0 Å². The van der Waals surface area contributed by atoms with Crippen molar-refractivity contribution in [3.63, 3.8) is 0 Å². The summed E-state index contributed by atoms with van der Waals surface area (Å²) in [5.41, 5.74) is 0. The molecule has 1 rings (SSSR count). The van der Waals surface area contributed by atoms with Crippen molar-refractivity contribution in [3.05, 3.63) is 12.2 Å². The maximum atomic E-state index is 11.1. The summed E-state index contributed by atoms with van der Waals surface area (Å²) in [6.45, 7) is 0.448. The van der Waals surface area contributed by atoms with Gasteiger partial charge in [-0.05, 0) is 12.8 Å². The molecule has 0 bridgehead atoms. The van der Waals surface area contributed by atoms with Crippen molar-refractivity contribution in [1.29, 1.82) is 0 Å². The summed E-state index contributed by atoms with van der Waals surface area (Å²) in [4.78, 5) is 33.2. The number of hydrogen-bond donors (Lipinski definition) is 0. The van der Waals surface area contributed by atoms with Crippen molar-refractivity contribution in [2.45, 2.75) is 25.7 Å². The second kappa shape index (κ2) is 5.25. The average Bonchev–Trinajstić information content (AvgIpc) is 2.48. The van der Waals surface area contributed by atoms with Gasteiger partial charge in [0.15, 0.2) is 0 Å². The molecule has 0 atom stereocenters. The van der Waals surface area contributed by atoms with Gasteiger partial charge in [0.1, 0.15) is 0 Å². The van der Waals surface area contributed by atoms with E-state index in [-0.39, 0.29) is 11.8 Å². The first-order chi connectivity index (χ1) is 6.75. The van der Waals surface area contributed by atoms with Crippen LogP contribution >= 0.6 is 0 Å². The van der Waals surface area contributed by atoms with Crippen molar-refractivity contribution < 1.29 is 14.4 Å². The number of rotatable bonds is 6. The standard InChI is InChI=1S/C10H12NO3/c12-8-4-2-1-3-7-11-9(13)5-6-10(11)14/h5-6H,1-4,7H2/q+1. The predicted molar refractivity (Wildman–Crippen MR) is 50.0 cm³/mol. The Morgan fingerprint density at radius 3 is 2.29 bits per heavy atom. The summed E-state index contributed by atoms with van der Waals surface area (Å²) in [5, 5.41) is 0. The largest absolute Gasteiger partial charge is 0.506 e. The number of nitrogens with zero attached hydrogens (tertiary/aromatic N) is 1. The average molecular weight is 194 g/mol. The van der Waals surface area contributed by atoms with Crippen LogP contribution in [0.2, 0.25) is 0 Å². The highest BCUT2D eigenvalue weighted by Crippen LogP contribution is 2.06. The monoisotopic (exact) mass is 194 g/mol. The van der Waals surface area contributed by atoms with Crippen LogP contribution in [0.15, 0.2) is 12.2 Å². The van der Waals surface area contributed by atoms with Crippen molar-refractivity contribution in [2.24, 2.45) is 0 Å². The molecule has 0 spiro atoms. The van der Waals surface area contributed by atoms with E-state index in [0.29, 0.717) is 13.0 Å². The molecule has 2 amide bonds. The van der Waals surface area contributed by atoms with Gasteiger partial charge in [-0.25, -0.2) is 0 Å². The van der Waals surface area contributed by atoms with Crippen LogP contribution in [0.3, 0.4) is 0 Å². The highest BCUT2D eigenvalue weighted by Gasteiger charge is 2.22. The Kier molecular flexibility index (Phi) is 3.95. The first kappa shape index (κ1) is 10.5. The van der Waals surface area contributed by atoms with Crippen LogP contribution in [-0.4, -0.2) is 29.5 Å². The van der Waals surface area contributed by atoms with Crippen LogP contribution in [0.1, 0.15) is 25.7 Å². The molecule has 0 N–H and O–H groups in total. The molecule has 0 unspecified atom stereocenters. The minimum atomic E-state index is -0.239. The topological polar surface area (TPSA) is 54.5 Å². The molecule has 14 heavy (non-hydrogen) atoms. The molecular formula is C10H12NO3+. The van der Waals surface area contributed by atoms with Gasteiger partial charge in [-0.1, -0.05) is 0 Å². The van der Waals surface area contributed by atoms with Gasteiger partial charge in [0.25, 0.3) is 11.8 Å². The van der Waals surface area contributed by atoms with Crippen LogP contribution in [0, 0.1) is 0 Å². The quantitative estimate of drug-likeness (QED) is 0.353. The molecule has 1 aliphatic heterocycles. The summed E-state index contributed by atoms with van der Waals surface area (Å²) in [5.74, 6) is -0.478. The first-order valence-electron chi connectivity index (χ1n) is 4.64. The summed E-state index contributed by atoms with van der Waals surface area (Å²) < 4.78 is 0. The van der Waals surface area contributed by atoms with Crippen molar-refractivity contribution >= 4 is 18.1 Å². The fraction of sp³-hybridized carbons (Fsp3) is 0.500. The van der Waals surface area contributed by atoms with Crippen LogP contribution in [-0.2, 0) is 14.4 Å². The zero-order valence-corrected chi connectivity index (χ0v) is 7.86. The first-order valence-corrected chi connectivity index (χ1v) is 4.64. The Morgan fingerprint density at radius 1 is 1.07 bits per heavy atom. The number of carbonyl (C=O) groups excluding carboxylic acids is 3. The molecule has 0 aromatic rings. The number of carbonyl (C=O) groups is 2. The minimum Gasteiger partial charge on any atom is -0.275 e. The molecule has 0 aliphatic carbocycles. The molecule has 0 saturated heterocycles. The van der Waals surface area contributed by atoms with E-state index >= 15 is 0 Å². The summed E-state index contributed by atoms with van der Waals surface area (Å²) >= 11 is 0. The maximum absolute atomic E-state index is 11.1. The number of hydrogen-bond acceptors (Lipinski definition) is 3. The number of amides is 2. The van der Waals surface area contributed by atoms with Crippen molar-refractivity contribution in [3.8, 4) is 0 Å². The van der Waals surface area contributed by atoms with E-state index < -0.39 is 0 Å². The van der Waals surface area contributed by atoms with Crippen molar-refractivity contribution in [2.75, 3.05) is 6.54 Å². The third-order valence-corrected chi connectivity index (χ3v) is 2.06. The van der Waals surface area contributed by atoms with Gasteiger partial charge < -0.3 is 0 Å². The van der Waals surface area contributed by atoms with Gasteiger partial charge in [-0.3, -0.25) is 14.5 Å². The molecule has 0 fully saturated rings. The zero-order chi connectivity index (χ0) is 10.4. The second-order valence-corrected chi connectivity index (χ2v) is 3.12. The van der Waals surface area contributed by atoms with Gasteiger partial charge >= 0.3 is 6.29 Å². The van der Waals surface area contributed by atoms with Gasteiger partial charge in [-0.2, -0.15) is 0 Å². The van der Waals surface area contributed by atoms with E-state index in [9.17, 15) is 14.4 Å². The normalized spacial score (nSPS) is 15.0.